The minimum absolute atomic E-state index is 0. The molecule has 0 N–H and O–H groups in total. The first kappa shape index (κ1) is 27.2. The Morgan fingerprint density at radius 2 is 1.62 bits per heavy atom. The monoisotopic (exact) mass is 613 g/mol. The standard InChI is InChI=1S/C21H17BrN3O7S.BrH/c1-13-20(33-12-23(13)11-19(26)14-2-4-16(22)5-3-14)6-7-32-21(27)15-8-17(24(28)29)10-18(9-15)25(30)31;/h2-5,8-10,12H,6-7,11H2,1H3;1H/q+1;/p-1. The number of rotatable bonds is 9. The molecule has 34 heavy (non-hydrogen) atoms. The van der Waals surface area contributed by atoms with E-state index < -0.39 is 27.2 Å². The number of ether oxygens (including phenoxy) is 1. The number of carbonyl (C=O) groups is 2. The Morgan fingerprint density at radius 3 is 2.18 bits per heavy atom. The molecule has 2 aromatic carbocycles. The molecule has 0 amide bonds. The summed E-state index contributed by atoms with van der Waals surface area (Å²) in [6.45, 7) is 1.99. The summed E-state index contributed by atoms with van der Waals surface area (Å²) >= 11 is 4.74. The largest absolute Gasteiger partial charge is 1.00 e. The van der Waals surface area contributed by atoms with E-state index in [1.807, 2.05) is 17.0 Å². The maximum atomic E-state index is 12.5. The van der Waals surface area contributed by atoms with Crippen molar-refractivity contribution in [1.29, 1.82) is 0 Å². The molecule has 0 saturated carbocycles. The van der Waals surface area contributed by atoms with Crippen molar-refractivity contribution in [3.8, 4) is 0 Å². The fourth-order valence-electron chi connectivity index (χ4n) is 2.97. The van der Waals surface area contributed by atoms with Crippen LogP contribution in [0.4, 0.5) is 11.4 Å². The van der Waals surface area contributed by atoms with Crippen molar-refractivity contribution in [3.05, 3.63) is 94.4 Å². The molecule has 0 atom stereocenters. The first-order chi connectivity index (χ1) is 15.7. The van der Waals surface area contributed by atoms with Crippen molar-refractivity contribution in [1.82, 2.24) is 0 Å². The van der Waals surface area contributed by atoms with Gasteiger partial charge in [0.25, 0.3) is 11.4 Å². The molecule has 1 aromatic heterocycles. The van der Waals surface area contributed by atoms with Crippen molar-refractivity contribution >= 4 is 50.4 Å². The van der Waals surface area contributed by atoms with Crippen LogP contribution in [-0.2, 0) is 17.7 Å². The predicted molar refractivity (Wildman–Crippen MR) is 121 cm³/mol. The fraction of sp³-hybridized carbons (Fsp3) is 0.190. The van der Waals surface area contributed by atoms with Crippen LogP contribution in [0, 0.1) is 27.2 Å². The molecule has 0 spiro atoms. The number of nitrogens with zero attached hydrogens (tertiary/aromatic N) is 3. The molecular formula is C21H17Br2N3O7S. The topological polar surface area (TPSA) is 134 Å². The summed E-state index contributed by atoms with van der Waals surface area (Å²) in [6, 6.07) is 9.74. The lowest BCUT2D eigenvalue weighted by molar-refractivity contribution is -0.684. The summed E-state index contributed by atoms with van der Waals surface area (Å²) in [6.07, 6.45) is 0.360. The van der Waals surface area contributed by atoms with E-state index in [-0.39, 0.29) is 41.5 Å². The second-order valence-corrected chi connectivity index (χ2v) is 8.78. The maximum Gasteiger partial charge on any atom is 0.338 e. The number of esters is 1. The maximum absolute atomic E-state index is 12.5. The number of carbonyl (C=O) groups excluding carboxylic acids is 2. The summed E-state index contributed by atoms with van der Waals surface area (Å²) in [5.41, 5.74) is 1.86. The number of non-ortho nitro benzene ring substituents is 2. The fourth-order valence-corrected chi connectivity index (χ4v) is 4.21. The van der Waals surface area contributed by atoms with E-state index in [1.54, 1.807) is 24.3 Å². The van der Waals surface area contributed by atoms with Crippen molar-refractivity contribution < 1.29 is 45.7 Å². The molecule has 0 fully saturated rings. The zero-order chi connectivity index (χ0) is 24.1. The zero-order valence-electron chi connectivity index (χ0n) is 17.6. The molecule has 0 aliphatic heterocycles. The Bertz CT molecular complexity index is 1210. The van der Waals surface area contributed by atoms with Crippen LogP contribution < -0.4 is 21.5 Å². The number of benzene rings is 2. The smallest absolute Gasteiger partial charge is 0.338 e. The number of nitro benzene ring substituents is 2. The minimum Gasteiger partial charge on any atom is -1.00 e. The van der Waals surface area contributed by atoms with Gasteiger partial charge in [0.05, 0.1) is 33.0 Å². The van der Waals surface area contributed by atoms with Gasteiger partial charge in [0, 0.05) is 35.5 Å². The third-order valence-corrected chi connectivity index (χ3v) is 6.43. The van der Waals surface area contributed by atoms with Gasteiger partial charge in [-0.3, -0.25) is 25.0 Å². The van der Waals surface area contributed by atoms with E-state index in [1.165, 1.54) is 11.3 Å². The molecule has 1 heterocycles. The van der Waals surface area contributed by atoms with Crippen LogP contribution in [0.5, 0.6) is 0 Å². The number of Topliss-reactive ketones (excluding diaryl/α,β-unsaturated/α-hetero) is 1. The second-order valence-electron chi connectivity index (χ2n) is 6.93. The zero-order valence-corrected chi connectivity index (χ0v) is 21.6. The summed E-state index contributed by atoms with van der Waals surface area (Å²) in [7, 11) is 0. The highest BCUT2D eigenvalue weighted by Crippen LogP contribution is 2.23. The SMILES string of the molecule is Cc1c(CCOC(=O)c2cc([N+](=O)[O-])cc([N+](=O)[O-])c2)sc[n+]1CC(=O)c1ccc(Br)cc1.[Br-]. The number of ketones is 1. The van der Waals surface area contributed by atoms with Crippen molar-refractivity contribution in [3.63, 3.8) is 0 Å². The molecule has 0 unspecified atom stereocenters. The Morgan fingerprint density at radius 1 is 1.03 bits per heavy atom. The first-order valence-electron chi connectivity index (χ1n) is 9.52. The van der Waals surface area contributed by atoms with E-state index >= 15 is 0 Å². The van der Waals surface area contributed by atoms with Crippen LogP contribution in [0.1, 0.15) is 31.3 Å². The average molecular weight is 615 g/mol. The molecule has 0 aliphatic carbocycles. The van der Waals surface area contributed by atoms with E-state index in [2.05, 4.69) is 15.9 Å². The normalized spacial score (nSPS) is 10.3. The van der Waals surface area contributed by atoms with Crippen LogP contribution >= 0.6 is 27.3 Å². The number of aromatic nitrogens is 1. The molecule has 3 rings (SSSR count). The number of thiazole rings is 1. The summed E-state index contributed by atoms with van der Waals surface area (Å²) < 4.78 is 7.87. The molecule has 0 saturated heterocycles. The van der Waals surface area contributed by atoms with Gasteiger partial charge in [0.2, 0.25) is 17.8 Å². The van der Waals surface area contributed by atoms with Crippen LogP contribution in [-0.4, -0.2) is 28.2 Å². The lowest BCUT2D eigenvalue weighted by Gasteiger charge is -2.04. The highest BCUT2D eigenvalue weighted by molar-refractivity contribution is 9.10. The highest BCUT2D eigenvalue weighted by atomic mass is 79.9. The van der Waals surface area contributed by atoms with Crippen molar-refractivity contribution in [2.75, 3.05) is 6.61 Å². The van der Waals surface area contributed by atoms with Crippen molar-refractivity contribution in [2.45, 2.75) is 19.9 Å². The van der Waals surface area contributed by atoms with E-state index in [4.69, 9.17) is 4.74 Å². The average Bonchev–Trinajstić information content (AvgIpc) is 3.12. The molecule has 0 bridgehead atoms. The van der Waals surface area contributed by atoms with Gasteiger partial charge < -0.3 is 21.7 Å². The van der Waals surface area contributed by atoms with Crippen LogP contribution in [0.2, 0.25) is 0 Å². The molecule has 0 radical (unpaired) electrons. The molecule has 178 valence electrons. The lowest BCUT2D eigenvalue weighted by atomic mass is 10.1. The third-order valence-electron chi connectivity index (χ3n) is 4.76. The Hall–Kier alpha value is -3.03. The molecule has 0 aliphatic rings. The third kappa shape index (κ3) is 6.74. The highest BCUT2D eigenvalue weighted by Gasteiger charge is 2.22. The van der Waals surface area contributed by atoms with Gasteiger partial charge in [-0.15, -0.1) is 0 Å². The van der Waals surface area contributed by atoms with Gasteiger partial charge in [0.15, 0.2) is 5.69 Å². The molecule has 13 heteroatoms. The van der Waals surface area contributed by atoms with Crippen LogP contribution in [0.25, 0.3) is 0 Å². The second kappa shape index (κ2) is 11.9. The quantitative estimate of drug-likeness (QED) is 0.116. The predicted octanol–water partition coefficient (Wildman–Crippen LogP) is 1.21. The Balaban J connectivity index is 0.00000408. The van der Waals surface area contributed by atoms with Gasteiger partial charge >= 0.3 is 5.97 Å². The Labute approximate surface area is 216 Å². The molecule has 3 aromatic rings. The lowest BCUT2D eigenvalue weighted by Crippen LogP contribution is -3.00. The summed E-state index contributed by atoms with van der Waals surface area (Å²) in [5.74, 6) is -0.937. The van der Waals surface area contributed by atoms with Gasteiger partial charge in [-0.25, -0.2) is 4.79 Å². The Kier molecular flexibility index (Phi) is 9.53. The van der Waals surface area contributed by atoms with Crippen molar-refractivity contribution in [2.24, 2.45) is 0 Å². The van der Waals surface area contributed by atoms with E-state index in [0.717, 1.165) is 33.2 Å². The van der Waals surface area contributed by atoms with E-state index in [9.17, 15) is 29.8 Å². The first-order valence-corrected chi connectivity index (χ1v) is 11.2. The minimum atomic E-state index is -0.894. The van der Waals surface area contributed by atoms with Gasteiger partial charge in [-0.05, 0) is 12.1 Å². The van der Waals surface area contributed by atoms with E-state index in [0.29, 0.717) is 12.0 Å². The van der Waals surface area contributed by atoms with Crippen LogP contribution in [0.15, 0.2) is 52.4 Å². The molecular weight excluding hydrogens is 598 g/mol. The van der Waals surface area contributed by atoms with Gasteiger partial charge in [-0.1, -0.05) is 39.4 Å². The number of hydrogen-bond acceptors (Lipinski definition) is 8. The summed E-state index contributed by atoms with van der Waals surface area (Å²) in [5, 5.41) is 22.0. The summed E-state index contributed by atoms with van der Waals surface area (Å²) in [4.78, 5) is 46.0. The number of nitro groups is 2. The number of hydrogen-bond donors (Lipinski definition) is 0. The van der Waals surface area contributed by atoms with Crippen LogP contribution in [0.3, 0.4) is 0 Å². The van der Waals surface area contributed by atoms with Gasteiger partial charge in [-0.2, -0.15) is 4.57 Å². The number of halogens is 2. The van der Waals surface area contributed by atoms with Gasteiger partial charge in [0.1, 0.15) is 0 Å². The molecule has 10 nitrogen and oxygen atoms in total.